The van der Waals surface area contributed by atoms with Crippen LogP contribution < -0.4 is 18.9 Å². The Morgan fingerprint density at radius 1 is 0.932 bits per heavy atom. The van der Waals surface area contributed by atoms with Gasteiger partial charge in [0.2, 0.25) is 0 Å². The zero-order valence-corrected chi connectivity index (χ0v) is 25.9. The molecule has 44 heavy (non-hydrogen) atoms. The molecular formula is C35H37FN2O6. The lowest BCUT2D eigenvalue weighted by molar-refractivity contribution is -0.130. The predicted octanol–water partition coefficient (Wildman–Crippen LogP) is 7.32. The summed E-state index contributed by atoms with van der Waals surface area (Å²) in [5.74, 6) is 2.92. The second-order valence-corrected chi connectivity index (χ2v) is 10.8. The summed E-state index contributed by atoms with van der Waals surface area (Å²) in [6.07, 6.45) is 5.68. The van der Waals surface area contributed by atoms with Crippen LogP contribution in [0.5, 0.6) is 23.0 Å². The van der Waals surface area contributed by atoms with Gasteiger partial charge in [0.1, 0.15) is 5.82 Å². The molecule has 0 saturated carbocycles. The van der Waals surface area contributed by atoms with E-state index in [1.54, 1.807) is 53.6 Å². The van der Waals surface area contributed by atoms with Crippen molar-refractivity contribution in [1.82, 2.24) is 4.98 Å². The summed E-state index contributed by atoms with van der Waals surface area (Å²) < 4.78 is 40.6. The third-order valence-electron chi connectivity index (χ3n) is 7.99. The number of nitrogens with one attached hydrogen (secondary N) is 1. The van der Waals surface area contributed by atoms with E-state index in [1.807, 2.05) is 37.3 Å². The molecule has 0 radical (unpaired) electrons. The average Bonchev–Trinajstić information content (AvgIpc) is 3.58. The first kappa shape index (κ1) is 30.7. The summed E-state index contributed by atoms with van der Waals surface area (Å²) in [6, 6.07) is 15.3. The monoisotopic (exact) mass is 600 g/mol. The molecule has 1 aliphatic heterocycles. The number of carbonyl (C=O) groups is 1. The highest BCUT2D eigenvalue weighted by molar-refractivity contribution is 6.06. The van der Waals surface area contributed by atoms with E-state index in [-0.39, 0.29) is 11.5 Å². The SMILES string of the molecule is COc1ccc(/C=C2\N=C(C)OC2=O)cc1OC.COc1ccc(CC2CCCc3c2[nH]c2ccc(C)c(F)c32)cc1OC. The van der Waals surface area contributed by atoms with Crippen LogP contribution in [-0.2, 0) is 22.4 Å². The minimum Gasteiger partial charge on any atom is -0.493 e. The van der Waals surface area contributed by atoms with Gasteiger partial charge in [0, 0.05) is 29.4 Å². The first-order valence-corrected chi connectivity index (χ1v) is 14.5. The molecule has 2 heterocycles. The van der Waals surface area contributed by atoms with Gasteiger partial charge in [-0.15, -0.1) is 0 Å². The number of aryl methyl sites for hydroxylation is 2. The van der Waals surface area contributed by atoms with Gasteiger partial charge in [-0.25, -0.2) is 14.2 Å². The van der Waals surface area contributed by atoms with E-state index in [0.717, 1.165) is 59.2 Å². The number of aromatic nitrogens is 1. The van der Waals surface area contributed by atoms with E-state index < -0.39 is 5.97 Å². The highest BCUT2D eigenvalue weighted by Gasteiger charge is 2.26. The zero-order chi connectivity index (χ0) is 31.4. The van der Waals surface area contributed by atoms with Gasteiger partial charge >= 0.3 is 5.97 Å². The van der Waals surface area contributed by atoms with E-state index in [9.17, 15) is 9.18 Å². The molecule has 1 N–H and O–H groups in total. The van der Waals surface area contributed by atoms with Gasteiger partial charge in [0.05, 0.1) is 28.4 Å². The molecule has 230 valence electrons. The number of esters is 1. The fourth-order valence-electron chi connectivity index (χ4n) is 5.82. The number of hydrogen-bond donors (Lipinski definition) is 1. The Labute approximate surface area is 256 Å². The van der Waals surface area contributed by atoms with E-state index in [2.05, 4.69) is 16.0 Å². The maximum absolute atomic E-state index is 14.7. The normalized spacial score (nSPS) is 16.5. The summed E-state index contributed by atoms with van der Waals surface area (Å²) in [7, 11) is 6.42. The number of carbonyl (C=O) groups excluding carboxylic acids is 1. The number of benzene rings is 3. The number of methoxy groups -OCH3 is 4. The number of aliphatic imine (C=N–C) groups is 1. The largest absolute Gasteiger partial charge is 0.493 e. The van der Waals surface area contributed by atoms with Crippen LogP contribution in [0.15, 0.2) is 59.2 Å². The zero-order valence-electron chi connectivity index (χ0n) is 25.9. The fourth-order valence-corrected chi connectivity index (χ4v) is 5.82. The number of halogens is 1. The van der Waals surface area contributed by atoms with Crippen molar-refractivity contribution < 1.29 is 32.9 Å². The van der Waals surface area contributed by atoms with E-state index in [4.69, 9.17) is 23.7 Å². The van der Waals surface area contributed by atoms with Gasteiger partial charge in [-0.3, -0.25) is 0 Å². The molecule has 0 saturated heterocycles. The van der Waals surface area contributed by atoms with Gasteiger partial charge < -0.3 is 28.7 Å². The molecule has 1 atom stereocenters. The van der Waals surface area contributed by atoms with Crippen LogP contribution in [0.2, 0.25) is 0 Å². The molecule has 0 amide bonds. The third-order valence-corrected chi connectivity index (χ3v) is 7.99. The number of cyclic esters (lactones) is 1. The molecule has 1 aliphatic carbocycles. The number of hydrogen-bond acceptors (Lipinski definition) is 7. The van der Waals surface area contributed by atoms with Gasteiger partial charge in [-0.2, -0.15) is 0 Å². The maximum atomic E-state index is 14.7. The lowest BCUT2D eigenvalue weighted by Gasteiger charge is -2.23. The lowest BCUT2D eigenvalue weighted by Crippen LogP contribution is -2.12. The maximum Gasteiger partial charge on any atom is 0.363 e. The second-order valence-electron chi connectivity index (χ2n) is 10.8. The van der Waals surface area contributed by atoms with Crippen LogP contribution in [0, 0.1) is 12.7 Å². The highest BCUT2D eigenvalue weighted by atomic mass is 19.1. The Balaban J connectivity index is 0.000000187. The summed E-state index contributed by atoms with van der Waals surface area (Å²) in [5.41, 5.74) is 6.26. The standard InChI is InChI=1S/C22H24FNO2.C13H13NO4/c1-13-7-9-17-20(21(13)23)16-6-4-5-15(22(16)24-17)11-14-8-10-18(25-2)19(12-14)26-3;1-8-14-10(13(15)18-8)6-9-4-5-11(16-2)12(7-9)17-3/h7-10,12,15,24H,4-6,11H2,1-3H3;4-7H,1-3H3/b;10-6-. The Morgan fingerprint density at radius 2 is 1.61 bits per heavy atom. The molecule has 3 aromatic carbocycles. The van der Waals surface area contributed by atoms with E-state index in [1.165, 1.54) is 11.3 Å². The van der Waals surface area contributed by atoms with Crippen LogP contribution in [0.1, 0.15) is 53.6 Å². The summed E-state index contributed by atoms with van der Waals surface area (Å²) in [6.45, 7) is 3.46. The predicted molar refractivity (Wildman–Crippen MR) is 169 cm³/mol. The average molecular weight is 601 g/mol. The first-order chi connectivity index (χ1) is 21.3. The van der Waals surface area contributed by atoms with Crippen molar-refractivity contribution in [1.29, 1.82) is 0 Å². The second kappa shape index (κ2) is 13.2. The fraction of sp³-hybridized carbons (Fsp3) is 0.314. The Hall–Kier alpha value is -4.79. The van der Waals surface area contributed by atoms with Gasteiger partial charge in [0.15, 0.2) is 34.6 Å². The van der Waals surface area contributed by atoms with E-state index in [0.29, 0.717) is 28.9 Å². The van der Waals surface area contributed by atoms with Crippen LogP contribution in [0.3, 0.4) is 0 Å². The molecule has 0 fully saturated rings. The minimum atomic E-state index is -0.442. The molecular weight excluding hydrogens is 563 g/mol. The molecule has 6 rings (SSSR count). The van der Waals surface area contributed by atoms with Crippen LogP contribution in [0.4, 0.5) is 4.39 Å². The van der Waals surface area contributed by atoms with Gasteiger partial charge in [0.25, 0.3) is 0 Å². The molecule has 9 heteroatoms. The summed E-state index contributed by atoms with van der Waals surface area (Å²) >= 11 is 0. The van der Waals surface area contributed by atoms with Crippen LogP contribution in [0.25, 0.3) is 17.0 Å². The van der Waals surface area contributed by atoms with Crippen molar-refractivity contribution >= 4 is 28.8 Å². The smallest absolute Gasteiger partial charge is 0.363 e. The number of nitrogens with zero attached hydrogens (tertiary/aromatic N) is 1. The quantitative estimate of drug-likeness (QED) is 0.177. The molecule has 8 nitrogen and oxygen atoms in total. The van der Waals surface area contributed by atoms with Crippen molar-refractivity contribution in [3.8, 4) is 23.0 Å². The number of rotatable bonds is 7. The highest BCUT2D eigenvalue weighted by Crippen LogP contribution is 2.40. The van der Waals surface area contributed by atoms with Gasteiger partial charge in [-0.1, -0.05) is 18.2 Å². The van der Waals surface area contributed by atoms with Crippen molar-refractivity contribution in [2.75, 3.05) is 28.4 Å². The number of ether oxygens (including phenoxy) is 5. The summed E-state index contributed by atoms with van der Waals surface area (Å²) in [4.78, 5) is 18.9. The molecule has 1 unspecified atom stereocenters. The van der Waals surface area contributed by atoms with Gasteiger partial charge in [-0.05, 0) is 91.3 Å². The summed E-state index contributed by atoms with van der Waals surface area (Å²) in [5, 5.41) is 0.789. The molecule has 1 aromatic heterocycles. The number of fused-ring (bicyclic) bond motifs is 3. The Morgan fingerprint density at radius 3 is 2.27 bits per heavy atom. The Bertz CT molecular complexity index is 1760. The topological polar surface area (TPSA) is 91.4 Å². The van der Waals surface area contributed by atoms with Crippen molar-refractivity contribution in [2.24, 2.45) is 4.99 Å². The lowest BCUT2D eigenvalue weighted by atomic mass is 9.83. The number of aromatic amines is 1. The Kier molecular flexibility index (Phi) is 9.23. The molecule has 2 aliphatic rings. The van der Waals surface area contributed by atoms with Crippen molar-refractivity contribution in [3.63, 3.8) is 0 Å². The molecule has 4 aromatic rings. The van der Waals surface area contributed by atoms with Crippen molar-refractivity contribution in [3.05, 3.63) is 88.0 Å². The van der Waals surface area contributed by atoms with Crippen molar-refractivity contribution in [2.45, 2.75) is 45.4 Å². The molecule has 0 spiro atoms. The van der Waals surface area contributed by atoms with E-state index >= 15 is 0 Å². The minimum absolute atomic E-state index is 0.0771. The van der Waals surface area contributed by atoms with Crippen LogP contribution >= 0.6 is 0 Å². The third kappa shape index (κ3) is 6.27. The number of H-pyrrole nitrogens is 1. The molecule has 0 bridgehead atoms. The first-order valence-electron chi connectivity index (χ1n) is 14.5. The van der Waals surface area contributed by atoms with Crippen LogP contribution in [-0.4, -0.2) is 45.3 Å².